The molecule has 0 N–H and O–H groups in total. The van der Waals surface area contributed by atoms with Crippen molar-refractivity contribution in [2.45, 2.75) is 29.2 Å². The molecule has 1 aliphatic rings. The van der Waals surface area contributed by atoms with Crippen molar-refractivity contribution in [1.82, 2.24) is 4.31 Å². The van der Waals surface area contributed by atoms with E-state index in [1.165, 1.54) is 16.4 Å². The van der Waals surface area contributed by atoms with Crippen molar-refractivity contribution in [3.8, 4) is 6.07 Å². The molecule has 20 heavy (non-hydrogen) atoms. The van der Waals surface area contributed by atoms with Crippen LogP contribution in [-0.2, 0) is 10.0 Å². The van der Waals surface area contributed by atoms with Crippen LogP contribution in [-0.4, -0.2) is 36.3 Å². The second-order valence-electron chi connectivity index (χ2n) is 4.80. The number of hydrogen-bond acceptors (Lipinski definition) is 4. The summed E-state index contributed by atoms with van der Waals surface area (Å²) in [7, 11) is -3.84. The number of nitrogens with zero attached hydrogens (tertiary/aromatic N) is 2. The largest absolute Gasteiger partial charge is 0.244 e. The lowest BCUT2D eigenvalue weighted by molar-refractivity contribution is 0.404. The minimum Gasteiger partial charge on any atom is -0.207 e. The average molecular weight is 314 g/mol. The quantitative estimate of drug-likeness (QED) is 0.840. The zero-order chi connectivity index (χ0) is 14.9. The van der Waals surface area contributed by atoms with E-state index in [9.17, 15) is 12.8 Å². The third-order valence-electron chi connectivity index (χ3n) is 3.09. The molecule has 2 rings (SSSR count). The Morgan fingerprint density at radius 3 is 2.50 bits per heavy atom. The van der Waals surface area contributed by atoms with Crippen LogP contribution in [0.4, 0.5) is 4.39 Å². The van der Waals surface area contributed by atoms with Gasteiger partial charge in [-0.15, -0.1) is 0 Å². The van der Waals surface area contributed by atoms with Crippen molar-refractivity contribution in [1.29, 1.82) is 5.26 Å². The molecule has 108 valence electrons. The van der Waals surface area contributed by atoms with Crippen molar-refractivity contribution in [3.05, 3.63) is 29.6 Å². The Kier molecular flexibility index (Phi) is 4.37. The van der Waals surface area contributed by atoms with Gasteiger partial charge in [0.15, 0.2) is 0 Å². The van der Waals surface area contributed by atoms with Gasteiger partial charge in [-0.25, -0.2) is 12.8 Å². The molecule has 7 heteroatoms. The van der Waals surface area contributed by atoms with Gasteiger partial charge in [-0.1, -0.05) is 19.9 Å². The zero-order valence-electron chi connectivity index (χ0n) is 11.2. The Morgan fingerprint density at radius 2 is 1.95 bits per heavy atom. The van der Waals surface area contributed by atoms with Gasteiger partial charge in [-0.05, 0) is 12.1 Å². The van der Waals surface area contributed by atoms with Crippen LogP contribution in [0.25, 0.3) is 0 Å². The summed E-state index contributed by atoms with van der Waals surface area (Å²) in [5, 5.41) is 9.34. The Labute approximate surface area is 122 Å². The maximum Gasteiger partial charge on any atom is 0.244 e. The summed E-state index contributed by atoms with van der Waals surface area (Å²) in [4.78, 5) is -0.244. The normalized spacial score (nSPS) is 24.3. The molecule has 1 aromatic rings. The highest BCUT2D eigenvalue weighted by Crippen LogP contribution is 2.30. The second kappa shape index (κ2) is 5.72. The van der Waals surface area contributed by atoms with E-state index in [1.807, 2.05) is 13.8 Å². The van der Waals surface area contributed by atoms with Crippen molar-refractivity contribution in [2.24, 2.45) is 0 Å². The molecular formula is C13H15FN2O2S2. The molecule has 1 aliphatic heterocycles. The number of nitriles is 1. The van der Waals surface area contributed by atoms with Crippen LogP contribution in [0.3, 0.4) is 0 Å². The van der Waals surface area contributed by atoms with Crippen LogP contribution in [0, 0.1) is 17.1 Å². The van der Waals surface area contributed by atoms with Crippen LogP contribution in [0.1, 0.15) is 19.4 Å². The monoisotopic (exact) mass is 314 g/mol. The maximum absolute atomic E-state index is 13.6. The summed E-state index contributed by atoms with van der Waals surface area (Å²) in [5.74, 6) is -0.805. The van der Waals surface area contributed by atoms with Gasteiger partial charge in [0.05, 0.1) is 0 Å². The molecular weight excluding hydrogens is 299 g/mol. The summed E-state index contributed by atoms with van der Waals surface area (Å²) in [6.07, 6.45) is 0. The fraction of sp³-hybridized carbons (Fsp3) is 0.462. The number of halogens is 1. The molecule has 2 atom stereocenters. The fourth-order valence-electron chi connectivity index (χ4n) is 2.29. The first kappa shape index (κ1) is 15.3. The number of thioether (sulfide) groups is 1. The van der Waals surface area contributed by atoms with Gasteiger partial charge in [-0.2, -0.15) is 21.3 Å². The van der Waals surface area contributed by atoms with Crippen molar-refractivity contribution in [3.63, 3.8) is 0 Å². The van der Waals surface area contributed by atoms with E-state index in [0.29, 0.717) is 13.1 Å². The number of rotatable bonds is 2. The molecule has 0 bridgehead atoms. The molecule has 2 unspecified atom stereocenters. The maximum atomic E-state index is 13.6. The highest BCUT2D eigenvalue weighted by atomic mass is 32.2. The van der Waals surface area contributed by atoms with Crippen LogP contribution >= 0.6 is 11.8 Å². The Balaban J connectivity index is 2.46. The third kappa shape index (κ3) is 2.82. The highest BCUT2D eigenvalue weighted by molar-refractivity contribution is 8.00. The van der Waals surface area contributed by atoms with E-state index in [-0.39, 0.29) is 15.4 Å². The van der Waals surface area contributed by atoms with Gasteiger partial charge in [0.2, 0.25) is 10.0 Å². The molecule has 0 saturated carbocycles. The van der Waals surface area contributed by atoms with E-state index in [2.05, 4.69) is 0 Å². The number of hydrogen-bond donors (Lipinski definition) is 0. The van der Waals surface area contributed by atoms with E-state index in [4.69, 9.17) is 5.26 Å². The first-order valence-electron chi connectivity index (χ1n) is 6.20. The minimum atomic E-state index is -3.84. The lowest BCUT2D eigenvalue weighted by atomic mass is 10.2. The summed E-state index contributed by atoms with van der Waals surface area (Å²) < 4.78 is 40.2. The van der Waals surface area contributed by atoms with E-state index >= 15 is 0 Å². The van der Waals surface area contributed by atoms with Crippen molar-refractivity contribution in [2.75, 3.05) is 13.1 Å². The summed E-state index contributed by atoms with van der Waals surface area (Å²) >= 11 is 1.72. The molecule has 1 saturated heterocycles. The van der Waals surface area contributed by atoms with Crippen molar-refractivity contribution < 1.29 is 12.8 Å². The first-order chi connectivity index (χ1) is 9.36. The van der Waals surface area contributed by atoms with Crippen LogP contribution in [0.15, 0.2) is 23.1 Å². The molecule has 1 fully saturated rings. The van der Waals surface area contributed by atoms with Crippen LogP contribution in [0.2, 0.25) is 0 Å². The smallest absolute Gasteiger partial charge is 0.207 e. The Morgan fingerprint density at radius 1 is 1.35 bits per heavy atom. The van der Waals surface area contributed by atoms with Crippen molar-refractivity contribution >= 4 is 21.8 Å². The van der Waals surface area contributed by atoms with E-state index in [1.54, 1.807) is 17.8 Å². The number of benzene rings is 1. The van der Waals surface area contributed by atoms with Crippen LogP contribution in [0.5, 0.6) is 0 Å². The predicted octanol–water partition coefficient (Wildman–Crippen LogP) is 2.21. The van der Waals surface area contributed by atoms with E-state index < -0.39 is 21.4 Å². The Bertz CT molecular complexity index is 645. The van der Waals surface area contributed by atoms with E-state index in [0.717, 1.165) is 6.07 Å². The molecule has 0 radical (unpaired) electrons. The number of sulfonamides is 1. The summed E-state index contributed by atoms with van der Waals surface area (Å²) in [6, 6.07) is 5.34. The fourth-order valence-corrected chi connectivity index (χ4v) is 5.58. The molecule has 1 aromatic carbocycles. The molecule has 0 amide bonds. The highest BCUT2D eigenvalue weighted by Gasteiger charge is 2.34. The standard InChI is InChI=1S/C13H15FN2O2S2/c1-9-7-16(8-10(2)19-9)20(17,18)13-5-3-4-12(14)11(13)6-15/h3-5,9-10H,7-8H2,1-2H3. The third-order valence-corrected chi connectivity index (χ3v) is 6.19. The van der Waals surface area contributed by atoms with Gasteiger partial charge < -0.3 is 0 Å². The van der Waals surface area contributed by atoms with Gasteiger partial charge in [0.25, 0.3) is 0 Å². The molecule has 0 aliphatic carbocycles. The average Bonchev–Trinajstić information content (AvgIpc) is 2.37. The summed E-state index contributed by atoms with van der Waals surface area (Å²) in [5.41, 5.74) is -0.411. The first-order valence-corrected chi connectivity index (χ1v) is 8.58. The molecule has 1 heterocycles. The van der Waals surface area contributed by atoms with Gasteiger partial charge >= 0.3 is 0 Å². The predicted molar refractivity (Wildman–Crippen MR) is 76.4 cm³/mol. The lowest BCUT2D eigenvalue weighted by Gasteiger charge is -2.33. The van der Waals surface area contributed by atoms with Crippen LogP contribution < -0.4 is 0 Å². The summed E-state index contributed by atoms with van der Waals surface area (Å²) in [6.45, 7) is 4.66. The molecule has 0 aromatic heterocycles. The van der Waals surface area contributed by atoms with Gasteiger partial charge in [0, 0.05) is 23.6 Å². The topological polar surface area (TPSA) is 61.2 Å². The Hall–Kier alpha value is -1.10. The zero-order valence-corrected chi connectivity index (χ0v) is 12.8. The molecule has 0 spiro atoms. The second-order valence-corrected chi connectivity index (χ2v) is 8.59. The minimum absolute atomic E-state index is 0.174. The van der Waals surface area contributed by atoms with Gasteiger partial charge in [-0.3, -0.25) is 0 Å². The SMILES string of the molecule is CC1CN(S(=O)(=O)c2cccc(F)c2C#N)CC(C)S1. The molecule has 4 nitrogen and oxygen atoms in total. The van der Waals surface area contributed by atoms with Gasteiger partial charge in [0.1, 0.15) is 22.3 Å². The lowest BCUT2D eigenvalue weighted by Crippen LogP contribution is -2.44.